The topological polar surface area (TPSA) is 133 Å². The lowest BCUT2D eigenvalue weighted by atomic mass is 10.2. The molecule has 0 spiro atoms. The Kier molecular flexibility index (Phi) is 10.5. The first-order valence-electron chi connectivity index (χ1n) is 6.38. The van der Waals surface area contributed by atoms with Crippen molar-refractivity contribution in [1.29, 1.82) is 0 Å². The maximum Gasteiger partial charge on any atom is 0.326 e. The Hall–Kier alpha value is -1.42. The van der Waals surface area contributed by atoms with Gasteiger partial charge in [0.15, 0.2) is 0 Å². The van der Waals surface area contributed by atoms with E-state index in [9.17, 15) is 19.2 Å². The van der Waals surface area contributed by atoms with Crippen LogP contribution >= 0.6 is 23.5 Å². The Morgan fingerprint density at radius 2 is 1.14 bits per heavy atom. The Morgan fingerprint density at radius 3 is 1.36 bits per heavy atom. The van der Waals surface area contributed by atoms with E-state index < -0.39 is 35.8 Å². The molecule has 0 aliphatic rings. The zero-order valence-electron chi connectivity index (χ0n) is 12.3. The molecule has 0 aromatic carbocycles. The number of carboxylic acid groups (broad SMARTS) is 2. The van der Waals surface area contributed by atoms with Crippen LogP contribution in [0.1, 0.15) is 12.8 Å². The van der Waals surface area contributed by atoms with E-state index in [0.717, 1.165) is 0 Å². The molecule has 0 aromatic heterocycles. The Morgan fingerprint density at radius 1 is 0.818 bits per heavy atom. The molecular formula is C12H20N2O6S2. The average molecular weight is 352 g/mol. The van der Waals surface area contributed by atoms with E-state index in [0.29, 0.717) is 11.5 Å². The summed E-state index contributed by atoms with van der Waals surface area (Å²) in [4.78, 5) is 45.3. The van der Waals surface area contributed by atoms with Crippen LogP contribution in [-0.2, 0) is 19.2 Å². The number of carbonyl (C=O) groups is 4. The molecule has 10 heteroatoms. The number of nitrogens with one attached hydrogen (secondary N) is 2. The summed E-state index contributed by atoms with van der Waals surface area (Å²) in [5.41, 5.74) is 0. The fourth-order valence-corrected chi connectivity index (χ4v) is 2.38. The summed E-state index contributed by atoms with van der Waals surface area (Å²) in [5, 5.41) is 22.1. The number of aliphatic carboxylic acids is 2. The number of carboxylic acids is 2. The van der Waals surface area contributed by atoms with Gasteiger partial charge in [-0.2, -0.15) is 23.5 Å². The highest BCUT2D eigenvalue weighted by Gasteiger charge is 2.27. The molecule has 0 saturated heterocycles. The van der Waals surface area contributed by atoms with Crippen LogP contribution in [0.5, 0.6) is 0 Å². The maximum absolute atomic E-state index is 11.7. The van der Waals surface area contributed by atoms with Crippen LogP contribution in [0, 0.1) is 0 Å². The zero-order chi connectivity index (χ0) is 17.1. The van der Waals surface area contributed by atoms with Crippen LogP contribution in [0.2, 0.25) is 0 Å². The van der Waals surface area contributed by atoms with Crippen molar-refractivity contribution in [2.45, 2.75) is 24.9 Å². The zero-order valence-corrected chi connectivity index (χ0v) is 14.0. The second-order valence-corrected chi connectivity index (χ2v) is 6.26. The summed E-state index contributed by atoms with van der Waals surface area (Å²) in [6, 6.07) is -2.36. The van der Waals surface area contributed by atoms with Gasteiger partial charge in [0.05, 0.1) is 0 Å². The lowest BCUT2D eigenvalue weighted by Crippen LogP contribution is -2.51. The van der Waals surface area contributed by atoms with Crippen LogP contribution in [-0.4, -0.2) is 70.1 Å². The third kappa shape index (κ3) is 8.13. The van der Waals surface area contributed by atoms with Gasteiger partial charge in [0, 0.05) is 0 Å². The molecule has 0 bridgehead atoms. The van der Waals surface area contributed by atoms with Gasteiger partial charge < -0.3 is 20.8 Å². The number of rotatable bonds is 10. The van der Waals surface area contributed by atoms with E-state index in [-0.39, 0.29) is 12.8 Å². The smallest absolute Gasteiger partial charge is 0.326 e. The molecule has 0 radical (unpaired) electrons. The van der Waals surface area contributed by atoms with Gasteiger partial charge in [-0.25, -0.2) is 9.59 Å². The molecule has 2 amide bonds. The standard InChI is InChI=1S/C12H20N2O6S2/c1-21-5-3-7(11(17)18)13-9(15)10(16)14-8(12(19)20)4-6-22-2/h7-8H,3-6H2,1-2H3,(H,13,15)(H,14,16)(H,17,18)(H,19,20)/t7-,8-/m0/s1. The molecule has 2 atom stereocenters. The highest BCUT2D eigenvalue weighted by atomic mass is 32.2. The van der Waals surface area contributed by atoms with Crippen molar-refractivity contribution in [3.05, 3.63) is 0 Å². The molecule has 0 aliphatic heterocycles. The largest absolute Gasteiger partial charge is 0.480 e. The van der Waals surface area contributed by atoms with E-state index in [1.807, 2.05) is 0 Å². The number of hydrogen-bond acceptors (Lipinski definition) is 6. The van der Waals surface area contributed by atoms with E-state index in [1.165, 1.54) is 23.5 Å². The molecule has 0 aromatic rings. The predicted molar refractivity (Wildman–Crippen MR) is 85.1 cm³/mol. The fourth-order valence-electron chi connectivity index (χ4n) is 1.43. The van der Waals surface area contributed by atoms with Gasteiger partial charge in [0.1, 0.15) is 12.1 Å². The Bertz CT molecular complexity index is 380. The van der Waals surface area contributed by atoms with Crippen molar-refractivity contribution in [2.24, 2.45) is 0 Å². The molecule has 22 heavy (non-hydrogen) atoms. The van der Waals surface area contributed by atoms with Gasteiger partial charge >= 0.3 is 23.8 Å². The van der Waals surface area contributed by atoms with Crippen molar-refractivity contribution >= 4 is 47.3 Å². The summed E-state index contributed by atoms with van der Waals surface area (Å²) in [5.74, 6) is -3.78. The highest BCUT2D eigenvalue weighted by Crippen LogP contribution is 2.02. The van der Waals surface area contributed by atoms with Gasteiger partial charge in [-0.1, -0.05) is 0 Å². The van der Waals surface area contributed by atoms with Crippen molar-refractivity contribution in [1.82, 2.24) is 10.6 Å². The molecule has 0 unspecified atom stereocenters. The van der Waals surface area contributed by atoms with Crippen molar-refractivity contribution in [3.8, 4) is 0 Å². The van der Waals surface area contributed by atoms with Crippen molar-refractivity contribution in [2.75, 3.05) is 24.0 Å². The van der Waals surface area contributed by atoms with Crippen molar-refractivity contribution < 1.29 is 29.4 Å². The molecule has 4 N–H and O–H groups in total. The Labute approximate surface area is 136 Å². The van der Waals surface area contributed by atoms with E-state index in [4.69, 9.17) is 10.2 Å². The first kappa shape index (κ1) is 20.6. The first-order chi connectivity index (χ1) is 10.3. The minimum atomic E-state index is -1.24. The third-order valence-electron chi connectivity index (χ3n) is 2.63. The molecule has 0 heterocycles. The SMILES string of the molecule is CSCC[C@H](NC(=O)C(=O)N[C@@H](CCSC)C(=O)O)C(=O)O. The molecule has 0 rings (SSSR count). The summed E-state index contributed by atoms with van der Waals surface area (Å²) >= 11 is 2.82. The summed E-state index contributed by atoms with van der Waals surface area (Å²) in [6.45, 7) is 0. The predicted octanol–water partition coefficient (Wildman–Crippen LogP) is -0.369. The second-order valence-electron chi connectivity index (χ2n) is 4.29. The van der Waals surface area contributed by atoms with Crippen LogP contribution in [0.25, 0.3) is 0 Å². The number of amides is 2. The minimum Gasteiger partial charge on any atom is -0.480 e. The summed E-state index contributed by atoms with van der Waals surface area (Å²) < 4.78 is 0. The first-order valence-corrected chi connectivity index (χ1v) is 9.17. The van der Waals surface area contributed by atoms with Crippen LogP contribution in [0.15, 0.2) is 0 Å². The van der Waals surface area contributed by atoms with Gasteiger partial charge in [0.2, 0.25) is 0 Å². The lowest BCUT2D eigenvalue weighted by molar-refractivity contribution is -0.147. The van der Waals surface area contributed by atoms with Crippen LogP contribution in [0.4, 0.5) is 0 Å². The van der Waals surface area contributed by atoms with Gasteiger partial charge in [-0.3, -0.25) is 9.59 Å². The summed E-state index contributed by atoms with van der Waals surface area (Å²) in [6.07, 6.45) is 3.92. The maximum atomic E-state index is 11.7. The van der Waals surface area contributed by atoms with Gasteiger partial charge in [0.25, 0.3) is 0 Å². The number of hydrogen-bond donors (Lipinski definition) is 4. The molecule has 126 valence electrons. The third-order valence-corrected chi connectivity index (χ3v) is 3.92. The minimum absolute atomic E-state index is 0.171. The molecule has 0 fully saturated rings. The number of carbonyl (C=O) groups excluding carboxylic acids is 2. The molecule has 8 nitrogen and oxygen atoms in total. The van der Waals surface area contributed by atoms with Gasteiger partial charge in [-0.15, -0.1) is 0 Å². The average Bonchev–Trinajstić information content (AvgIpc) is 2.46. The van der Waals surface area contributed by atoms with E-state index in [2.05, 4.69) is 10.6 Å². The molecular weight excluding hydrogens is 332 g/mol. The monoisotopic (exact) mass is 352 g/mol. The quantitative estimate of drug-likeness (QED) is 0.392. The normalized spacial score (nSPS) is 13.0. The summed E-state index contributed by atoms with van der Waals surface area (Å²) in [7, 11) is 0. The second kappa shape index (κ2) is 11.2. The van der Waals surface area contributed by atoms with Gasteiger partial charge in [-0.05, 0) is 36.9 Å². The van der Waals surface area contributed by atoms with E-state index in [1.54, 1.807) is 12.5 Å². The van der Waals surface area contributed by atoms with E-state index >= 15 is 0 Å². The fraction of sp³-hybridized carbons (Fsp3) is 0.667. The number of thioether (sulfide) groups is 2. The van der Waals surface area contributed by atoms with Crippen LogP contribution in [0.3, 0.4) is 0 Å². The van der Waals surface area contributed by atoms with Crippen LogP contribution < -0.4 is 10.6 Å². The molecule has 0 saturated carbocycles. The Balaban J connectivity index is 4.58. The molecule has 0 aliphatic carbocycles. The highest BCUT2D eigenvalue weighted by molar-refractivity contribution is 7.98. The van der Waals surface area contributed by atoms with Crippen molar-refractivity contribution in [3.63, 3.8) is 0 Å². The lowest BCUT2D eigenvalue weighted by Gasteiger charge is -2.16.